The number of carbonyl (C=O) groups excluding carboxylic acids is 1. The van der Waals surface area contributed by atoms with Gasteiger partial charge in [0.2, 0.25) is 5.91 Å². The highest BCUT2D eigenvalue weighted by molar-refractivity contribution is 6.37. The number of benzene rings is 1. The van der Waals surface area contributed by atoms with Crippen molar-refractivity contribution in [3.63, 3.8) is 0 Å². The first kappa shape index (κ1) is 27.6. The van der Waals surface area contributed by atoms with Crippen molar-refractivity contribution in [1.82, 2.24) is 0 Å². The number of aliphatic hydroxyl groups is 2. The number of allylic oxidation sites excluding steroid dienone is 2. The van der Waals surface area contributed by atoms with Gasteiger partial charge in [-0.1, -0.05) is 53.9 Å². The van der Waals surface area contributed by atoms with Crippen LogP contribution in [0.1, 0.15) is 58.8 Å². The summed E-state index contributed by atoms with van der Waals surface area (Å²) in [6, 6.07) is 2.94. The number of rotatable bonds is 9. The summed E-state index contributed by atoms with van der Waals surface area (Å²) in [4.78, 5) is 12.2. The summed E-state index contributed by atoms with van der Waals surface area (Å²) in [7, 11) is 0. The van der Waals surface area contributed by atoms with E-state index < -0.39 is 6.10 Å². The van der Waals surface area contributed by atoms with Crippen molar-refractivity contribution in [2.24, 2.45) is 23.7 Å². The fraction of sp³-hybridized carbons (Fsp3) is 0.536. The molecule has 6 atom stereocenters. The molecule has 35 heavy (non-hydrogen) atoms. The largest absolute Gasteiger partial charge is 0.505 e. The maximum atomic E-state index is 12.2. The Morgan fingerprint density at radius 3 is 2.69 bits per heavy atom. The summed E-state index contributed by atoms with van der Waals surface area (Å²) >= 11 is 11.8. The van der Waals surface area contributed by atoms with Gasteiger partial charge < -0.3 is 20.6 Å². The van der Waals surface area contributed by atoms with Crippen molar-refractivity contribution in [3.8, 4) is 17.6 Å². The summed E-state index contributed by atoms with van der Waals surface area (Å²) in [6.07, 6.45) is 10.5. The number of aromatic hydroxyl groups is 1. The predicted molar refractivity (Wildman–Crippen MR) is 141 cm³/mol. The number of aliphatic hydroxyl groups excluding tert-OH is 2. The molecule has 2 fully saturated rings. The normalized spacial score (nSPS) is 26.4. The van der Waals surface area contributed by atoms with E-state index in [-0.39, 0.29) is 39.6 Å². The van der Waals surface area contributed by atoms with Crippen molar-refractivity contribution >= 4 is 34.8 Å². The lowest BCUT2D eigenvalue weighted by atomic mass is 9.89. The molecule has 1 aromatic rings. The Morgan fingerprint density at radius 1 is 1.29 bits per heavy atom. The number of hydrogen-bond acceptors (Lipinski definition) is 4. The van der Waals surface area contributed by atoms with Crippen LogP contribution in [0, 0.1) is 35.5 Å². The molecule has 2 aliphatic carbocycles. The van der Waals surface area contributed by atoms with E-state index in [0.717, 1.165) is 32.1 Å². The van der Waals surface area contributed by atoms with Crippen LogP contribution < -0.4 is 5.32 Å². The number of anilines is 1. The third-order valence-corrected chi connectivity index (χ3v) is 7.74. The summed E-state index contributed by atoms with van der Waals surface area (Å²) in [5.74, 6) is 6.55. The van der Waals surface area contributed by atoms with E-state index in [2.05, 4.69) is 23.2 Å². The second-order valence-corrected chi connectivity index (χ2v) is 10.6. The highest BCUT2D eigenvalue weighted by Gasteiger charge is 2.45. The quantitative estimate of drug-likeness (QED) is 0.137. The number of unbranched alkanes of at least 4 members (excludes halogenated alkanes) is 1. The molecule has 0 heterocycles. The van der Waals surface area contributed by atoms with Crippen LogP contribution >= 0.6 is 23.2 Å². The van der Waals surface area contributed by atoms with Crippen molar-refractivity contribution in [1.29, 1.82) is 0 Å². The van der Waals surface area contributed by atoms with Crippen molar-refractivity contribution < 1.29 is 20.1 Å². The molecule has 0 spiro atoms. The van der Waals surface area contributed by atoms with Gasteiger partial charge in [-0.05, 0) is 68.9 Å². The van der Waals surface area contributed by atoms with Crippen LogP contribution in [-0.2, 0) is 4.79 Å². The third kappa shape index (κ3) is 7.51. The lowest BCUT2D eigenvalue weighted by Crippen LogP contribution is -2.19. The summed E-state index contributed by atoms with van der Waals surface area (Å²) in [5, 5.41) is 33.5. The maximum Gasteiger partial charge on any atom is 0.224 e. The molecule has 7 heteroatoms. The number of fused-ring (bicyclic) bond motifs is 1. The van der Waals surface area contributed by atoms with Gasteiger partial charge in [0.1, 0.15) is 0 Å². The first-order valence-corrected chi connectivity index (χ1v) is 13.0. The molecule has 0 aromatic heterocycles. The third-order valence-electron chi connectivity index (χ3n) is 7.17. The molecule has 1 amide bonds. The minimum absolute atomic E-state index is 0.0623. The van der Waals surface area contributed by atoms with Gasteiger partial charge in [-0.15, -0.1) is 11.8 Å². The van der Waals surface area contributed by atoms with Crippen LogP contribution in [0.5, 0.6) is 5.75 Å². The Morgan fingerprint density at radius 2 is 2.00 bits per heavy atom. The Labute approximate surface area is 218 Å². The SMILES string of the molecule is CC#CC[C@H](C)[C@H](O)/C=C/[C@H]1[C@@H]2C/C(=C\CCCC(=O)Nc3cc(Cl)c(O)c(Cl)c3)C[C@H]2C[C@H]1O. The summed E-state index contributed by atoms with van der Waals surface area (Å²) in [5.41, 5.74) is 1.86. The van der Waals surface area contributed by atoms with E-state index in [1.54, 1.807) is 6.92 Å². The van der Waals surface area contributed by atoms with Gasteiger partial charge in [0.15, 0.2) is 5.75 Å². The molecule has 0 unspecified atom stereocenters. The molecule has 0 saturated heterocycles. The van der Waals surface area contributed by atoms with Gasteiger partial charge in [-0.2, -0.15) is 0 Å². The van der Waals surface area contributed by atoms with Gasteiger partial charge in [0.25, 0.3) is 0 Å². The fourth-order valence-corrected chi connectivity index (χ4v) is 5.67. The zero-order valence-electron chi connectivity index (χ0n) is 20.3. The lowest BCUT2D eigenvalue weighted by molar-refractivity contribution is -0.116. The standard InChI is InChI=1S/C28H35Cl2NO4/c1-3-4-7-17(2)25(32)11-10-21-22-13-18(12-19(22)14-26(21)33)8-5-6-9-27(34)31-20-15-23(29)28(35)24(30)16-20/h8,10-11,15-17,19,21-22,25-26,32-33,35H,5-7,9,12-14H2,1-2H3,(H,31,34)/b11-10+,18-8-/t17-,19-,21-,22+,25+,26+/m0/s1. The number of hydrogen-bond donors (Lipinski definition) is 4. The number of halogens is 2. The van der Waals surface area contributed by atoms with Gasteiger partial charge >= 0.3 is 0 Å². The topological polar surface area (TPSA) is 89.8 Å². The Balaban J connectivity index is 1.46. The molecule has 2 aliphatic rings. The van der Waals surface area contributed by atoms with E-state index in [9.17, 15) is 20.1 Å². The predicted octanol–water partition coefficient (Wildman–Crippen LogP) is 6.11. The average Bonchev–Trinajstić information content (AvgIpc) is 3.33. The number of carbonyl (C=O) groups is 1. The molecule has 190 valence electrons. The number of phenolic OH excluding ortho intramolecular Hbond substituents is 1. The van der Waals surface area contributed by atoms with E-state index >= 15 is 0 Å². The minimum atomic E-state index is -0.557. The molecule has 5 nitrogen and oxygen atoms in total. The Hall–Kier alpha value is -1.97. The van der Waals surface area contributed by atoms with Crippen LogP contribution in [0.2, 0.25) is 10.0 Å². The zero-order valence-corrected chi connectivity index (χ0v) is 21.8. The van der Waals surface area contributed by atoms with E-state index in [1.807, 2.05) is 19.1 Å². The average molecular weight is 520 g/mol. The summed E-state index contributed by atoms with van der Waals surface area (Å²) in [6.45, 7) is 3.79. The van der Waals surface area contributed by atoms with Crippen LogP contribution in [0.4, 0.5) is 5.69 Å². The number of nitrogens with one attached hydrogen (secondary N) is 1. The van der Waals surface area contributed by atoms with Crippen molar-refractivity contribution in [2.75, 3.05) is 5.32 Å². The van der Waals surface area contributed by atoms with E-state index in [4.69, 9.17) is 23.2 Å². The van der Waals surface area contributed by atoms with Crippen molar-refractivity contribution in [2.45, 2.75) is 71.0 Å². The van der Waals surface area contributed by atoms with Crippen LogP contribution in [-0.4, -0.2) is 33.4 Å². The van der Waals surface area contributed by atoms with Crippen LogP contribution in [0.25, 0.3) is 0 Å². The first-order chi connectivity index (χ1) is 16.7. The molecular formula is C28H35Cl2NO4. The van der Waals surface area contributed by atoms with Gasteiger partial charge in [-0.25, -0.2) is 0 Å². The number of amides is 1. The zero-order chi connectivity index (χ0) is 25.5. The Bertz CT molecular complexity index is 1000. The molecule has 0 radical (unpaired) electrons. The fourth-order valence-electron chi connectivity index (χ4n) is 5.19. The summed E-state index contributed by atoms with van der Waals surface area (Å²) < 4.78 is 0. The maximum absolute atomic E-state index is 12.2. The van der Waals surface area contributed by atoms with Gasteiger partial charge in [0, 0.05) is 24.4 Å². The molecule has 4 N–H and O–H groups in total. The molecule has 0 aliphatic heterocycles. The Kier molecular flexibility index (Phi) is 10.1. The van der Waals surface area contributed by atoms with E-state index in [1.165, 1.54) is 17.7 Å². The highest BCUT2D eigenvalue weighted by atomic mass is 35.5. The minimum Gasteiger partial charge on any atom is -0.505 e. The van der Waals surface area contributed by atoms with Crippen LogP contribution in [0.15, 0.2) is 35.9 Å². The smallest absolute Gasteiger partial charge is 0.224 e. The molecule has 3 rings (SSSR count). The molecule has 0 bridgehead atoms. The van der Waals surface area contributed by atoms with Crippen LogP contribution in [0.3, 0.4) is 0 Å². The van der Waals surface area contributed by atoms with Crippen molar-refractivity contribution in [3.05, 3.63) is 46.0 Å². The van der Waals surface area contributed by atoms with Gasteiger partial charge in [-0.3, -0.25) is 4.79 Å². The first-order valence-electron chi connectivity index (χ1n) is 12.3. The molecule has 1 aromatic carbocycles. The number of phenols is 1. The van der Waals surface area contributed by atoms with Gasteiger partial charge in [0.05, 0.1) is 22.3 Å². The molecular weight excluding hydrogens is 485 g/mol. The second kappa shape index (κ2) is 12.8. The van der Waals surface area contributed by atoms with E-state index in [0.29, 0.717) is 30.4 Å². The molecule has 2 saturated carbocycles. The second-order valence-electron chi connectivity index (χ2n) is 9.79. The monoisotopic (exact) mass is 519 g/mol. The highest BCUT2D eigenvalue weighted by Crippen LogP contribution is 2.50. The lowest BCUT2D eigenvalue weighted by Gasteiger charge is -2.19.